The number of thiophene rings is 1. The normalized spacial score (nSPS) is 12.8. The highest BCUT2D eigenvalue weighted by Gasteiger charge is 2.16. The van der Waals surface area contributed by atoms with Crippen molar-refractivity contribution in [3.05, 3.63) is 75.7 Å². The standard InChI is InChI=1S/C22H19N3O3S/c1-25(10-14-7-8-17-18(9-14)28-13-27-17)11-19-23-21(26)20-16(12-29-22(20)24-19)15-5-3-2-4-6-15/h2-9,12H,10-11,13H2,1H3,(H,23,24,26). The first kappa shape index (κ1) is 17.9. The van der Waals surface area contributed by atoms with Crippen molar-refractivity contribution in [3.8, 4) is 22.6 Å². The van der Waals surface area contributed by atoms with Crippen molar-refractivity contribution < 1.29 is 9.47 Å². The molecule has 6 nitrogen and oxygen atoms in total. The summed E-state index contributed by atoms with van der Waals surface area (Å²) >= 11 is 1.50. The van der Waals surface area contributed by atoms with Gasteiger partial charge in [0.15, 0.2) is 11.5 Å². The van der Waals surface area contributed by atoms with Crippen LogP contribution in [0.2, 0.25) is 0 Å². The third-order valence-corrected chi connectivity index (χ3v) is 5.76. The van der Waals surface area contributed by atoms with Crippen LogP contribution in [0.25, 0.3) is 21.3 Å². The van der Waals surface area contributed by atoms with Gasteiger partial charge in [0.25, 0.3) is 5.56 Å². The first-order valence-corrected chi connectivity index (χ1v) is 10.2. The third kappa shape index (κ3) is 3.50. The summed E-state index contributed by atoms with van der Waals surface area (Å²) in [6.45, 7) is 1.52. The molecule has 0 aliphatic carbocycles. The molecule has 0 unspecified atom stereocenters. The number of aromatic amines is 1. The van der Waals surface area contributed by atoms with Crippen LogP contribution in [0, 0.1) is 0 Å². The lowest BCUT2D eigenvalue weighted by molar-refractivity contribution is 0.174. The van der Waals surface area contributed by atoms with E-state index in [-0.39, 0.29) is 12.4 Å². The van der Waals surface area contributed by atoms with Crippen LogP contribution in [-0.2, 0) is 13.1 Å². The number of aromatic nitrogens is 2. The lowest BCUT2D eigenvalue weighted by Gasteiger charge is -2.16. The van der Waals surface area contributed by atoms with Crippen molar-refractivity contribution >= 4 is 21.6 Å². The Bertz CT molecular complexity index is 1230. The van der Waals surface area contributed by atoms with Gasteiger partial charge in [-0.3, -0.25) is 9.69 Å². The molecule has 0 bridgehead atoms. The van der Waals surface area contributed by atoms with Crippen molar-refractivity contribution in [1.82, 2.24) is 14.9 Å². The quantitative estimate of drug-likeness (QED) is 0.543. The van der Waals surface area contributed by atoms with Crippen LogP contribution in [0.4, 0.5) is 0 Å². The topological polar surface area (TPSA) is 67.5 Å². The fourth-order valence-corrected chi connectivity index (χ4v) is 4.53. The molecule has 0 spiro atoms. The summed E-state index contributed by atoms with van der Waals surface area (Å²) in [4.78, 5) is 23.3. The Morgan fingerprint density at radius 2 is 1.93 bits per heavy atom. The lowest BCUT2D eigenvalue weighted by Crippen LogP contribution is -2.21. The number of hydrogen-bond acceptors (Lipinski definition) is 6. The van der Waals surface area contributed by atoms with Crippen LogP contribution in [0.3, 0.4) is 0 Å². The predicted molar refractivity (Wildman–Crippen MR) is 113 cm³/mol. The molecule has 3 heterocycles. The number of H-pyrrole nitrogens is 1. The number of rotatable bonds is 5. The minimum absolute atomic E-state index is 0.0958. The van der Waals surface area contributed by atoms with E-state index in [0.29, 0.717) is 24.3 Å². The Labute approximate surface area is 171 Å². The van der Waals surface area contributed by atoms with E-state index in [1.54, 1.807) is 0 Å². The zero-order valence-electron chi connectivity index (χ0n) is 15.8. The molecule has 0 saturated carbocycles. The molecule has 5 rings (SSSR count). The Balaban J connectivity index is 1.37. The van der Waals surface area contributed by atoms with Gasteiger partial charge >= 0.3 is 0 Å². The molecule has 0 amide bonds. The summed E-state index contributed by atoms with van der Waals surface area (Å²) in [5.74, 6) is 2.21. The summed E-state index contributed by atoms with van der Waals surface area (Å²) in [7, 11) is 2.00. The largest absolute Gasteiger partial charge is 0.454 e. The van der Waals surface area contributed by atoms with Crippen LogP contribution in [-0.4, -0.2) is 28.7 Å². The van der Waals surface area contributed by atoms with E-state index >= 15 is 0 Å². The monoisotopic (exact) mass is 405 g/mol. The molecule has 29 heavy (non-hydrogen) atoms. The van der Waals surface area contributed by atoms with Gasteiger partial charge in [-0.05, 0) is 30.3 Å². The Morgan fingerprint density at radius 3 is 2.79 bits per heavy atom. The molecular formula is C22H19N3O3S. The fraction of sp³-hybridized carbons (Fsp3) is 0.182. The highest BCUT2D eigenvalue weighted by Crippen LogP contribution is 2.33. The van der Waals surface area contributed by atoms with Gasteiger partial charge in [-0.25, -0.2) is 4.98 Å². The summed E-state index contributed by atoms with van der Waals surface area (Å²) in [5, 5.41) is 2.66. The number of benzene rings is 2. The maximum atomic E-state index is 12.8. The maximum Gasteiger partial charge on any atom is 0.260 e. The van der Waals surface area contributed by atoms with E-state index < -0.39 is 0 Å². The van der Waals surface area contributed by atoms with Crippen molar-refractivity contribution in [1.29, 1.82) is 0 Å². The second-order valence-electron chi connectivity index (χ2n) is 7.07. The molecule has 1 N–H and O–H groups in total. The van der Waals surface area contributed by atoms with Gasteiger partial charge in [0.1, 0.15) is 10.7 Å². The third-order valence-electron chi connectivity index (χ3n) is 4.89. The number of ether oxygens (including phenoxy) is 2. The van der Waals surface area contributed by atoms with Crippen LogP contribution in [0.15, 0.2) is 58.7 Å². The summed E-state index contributed by atoms with van der Waals surface area (Å²) in [5.41, 5.74) is 2.97. The Hall–Kier alpha value is -3.16. The summed E-state index contributed by atoms with van der Waals surface area (Å²) < 4.78 is 10.8. The van der Waals surface area contributed by atoms with Gasteiger partial charge in [-0.15, -0.1) is 11.3 Å². The van der Waals surface area contributed by atoms with Crippen LogP contribution in [0.5, 0.6) is 11.5 Å². The lowest BCUT2D eigenvalue weighted by atomic mass is 10.1. The van der Waals surface area contributed by atoms with E-state index in [1.807, 2.05) is 61.0 Å². The minimum atomic E-state index is -0.0958. The van der Waals surface area contributed by atoms with Gasteiger partial charge in [0.05, 0.1) is 11.9 Å². The van der Waals surface area contributed by atoms with Crippen LogP contribution in [0.1, 0.15) is 11.4 Å². The fourth-order valence-electron chi connectivity index (χ4n) is 3.56. The zero-order valence-corrected chi connectivity index (χ0v) is 16.7. The van der Waals surface area contributed by atoms with Gasteiger partial charge in [0, 0.05) is 17.5 Å². The molecule has 4 aromatic rings. The molecule has 0 atom stereocenters. The Kier molecular flexibility index (Phi) is 4.54. The smallest absolute Gasteiger partial charge is 0.260 e. The second kappa shape index (κ2) is 7.35. The van der Waals surface area contributed by atoms with E-state index in [1.165, 1.54) is 11.3 Å². The number of nitrogens with one attached hydrogen (secondary N) is 1. The zero-order chi connectivity index (χ0) is 19.8. The number of nitrogens with zero attached hydrogens (tertiary/aromatic N) is 2. The first-order valence-electron chi connectivity index (χ1n) is 9.30. The molecule has 0 fully saturated rings. The SMILES string of the molecule is CN(Cc1ccc2c(c1)OCO2)Cc1nc2scc(-c3ccccc3)c2c(=O)[nH]1. The van der Waals surface area contributed by atoms with Crippen molar-refractivity contribution in [2.75, 3.05) is 13.8 Å². The van der Waals surface area contributed by atoms with E-state index in [2.05, 4.69) is 9.88 Å². The van der Waals surface area contributed by atoms with Gasteiger partial charge in [-0.2, -0.15) is 0 Å². The number of hydrogen-bond donors (Lipinski definition) is 1. The maximum absolute atomic E-state index is 12.8. The van der Waals surface area contributed by atoms with Gasteiger partial charge in [-0.1, -0.05) is 36.4 Å². The molecular weight excluding hydrogens is 386 g/mol. The number of fused-ring (bicyclic) bond motifs is 2. The van der Waals surface area contributed by atoms with Crippen LogP contribution < -0.4 is 15.0 Å². The van der Waals surface area contributed by atoms with Crippen molar-refractivity contribution in [3.63, 3.8) is 0 Å². The molecule has 1 aliphatic heterocycles. The molecule has 2 aromatic carbocycles. The second-order valence-corrected chi connectivity index (χ2v) is 7.93. The van der Waals surface area contributed by atoms with Crippen molar-refractivity contribution in [2.45, 2.75) is 13.1 Å². The molecule has 2 aromatic heterocycles. The Morgan fingerprint density at radius 1 is 1.10 bits per heavy atom. The summed E-state index contributed by atoms with van der Waals surface area (Å²) in [6, 6.07) is 15.9. The highest BCUT2D eigenvalue weighted by molar-refractivity contribution is 7.17. The van der Waals surface area contributed by atoms with Gasteiger partial charge < -0.3 is 14.5 Å². The van der Waals surface area contributed by atoms with Crippen LogP contribution >= 0.6 is 11.3 Å². The molecule has 7 heteroatoms. The molecule has 1 aliphatic rings. The van der Waals surface area contributed by atoms with Crippen molar-refractivity contribution in [2.24, 2.45) is 0 Å². The van der Waals surface area contributed by atoms with E-state index in [9.17, 15) is 4.79 Å². The molecule has 146 valence electrons. The average Bonchev–Trinajstić information content (AvgIpc) is 3.35. The van der Waals surface area contributed by atoms with E-state index in [0.717, 1.165) is 33.0 Å². The summed E-state index contributed by atoms with van der Waals surface area (Å²) in [6.07, 6.45) is 0. The predicted octanol–water partition coefficient (Wildman–Crippen LogP) is 4.01. The highest BCUT2D eigenvalue weighted by atomic mass is 32.1. The van der Waals surface area contributed by atoms with E-state index in [4.69, 9.17) is 14.5 Å². The minimum Gasteiger partial charge on any atom is -0.454 e. The molecule has 0 radical (unpaired) electrons. The molecule has 0 saturated heterocycles. The average molecular weight is 405 g/mol. The first-order chi connectivity index (χ1) is 14.2. The van der Waals surface area contributed by atoms with Gasteiger partial charge in [0.2, 0.25) is 6.79 Å².